The van der Waals surface area contributed by atoms with Gasteiger partial charge in [0.1, 0.15) is 12.3 Å². The zero-order chi connectivity index (χ0) is 15.8. The second kappa shape index (κ2) is 6.28. The Kier molecular flexibility index (Phi) is 5.03. The molecule has 0 aliphatic carbocycles. The zero-order valence-corrected chi connectivity index (χ0v) is 13.4. The molecule has 0 radical (unpaired) electrons. The molecule has 12 heteroatoms. The average molecular weight is 434 g/mol. The molecule has 1 aromatic heterocycles. The predicted octanol–water partition coefficient (Wildman–Crippen LogP) is -1.10. The Morgan fingerprint density at radius 3 is 2.81 bits per heavy atom. The third kappa shape index (κ3) is 4.22. The number of hydrogen-bond acceptors (Lipinski definition) is 6. The highest BCUT2D eigenvalue weighted by Gasteiger charge is 2.37. The highest BCUT2D eigenvalue weighted by molar-refractivity contribution is 14.1. The van der Waals surface area contributed by atoms with Gasteiger partial charge >= 0.3 is 13.5 Å². The molecule has 2 heterocycles. The van der Waals surface area contributed by atoms with Crippen LogP contribution in [0.3, 0.4) is 0 Å². The maximum Gasteiger partial charge on any atom is 0.469 e. The molecule has 0 amide bonds. The van der Waals surface area contributed by atoms with Gasteiger partial charge in [-0.15, -0.1) is 0 Å². The van der Waals surface area contributed by atoms with E-state index in [1.807, 2.05) is 0 Å². The van der Waals surface area contributed by atoms with Crippen LogP contribution in [-0.4, -0.2) is 43.3 Å². The maximum atomic E-state index is 11.7. The standard InChI is InChI=1S/C9H12IN2O8P/c10-4-2-12(9(15)11-8(4)14)7-1-5(13)6(20-7)3-19-21(16,17)18/h2,5-7,13H,1,3H2,(H,11,14,15)(H2,16,17,18)/t5?,6-,7-/m0/s1. The SMILES string of the molecule is O=c1[nH]c(=O)n([C@@H]2CC(O)[C@H](COP(=O)(O)O)O2)cc1I. The second-order valence-electron chi connectivity index (χ2n) is 4.36. The number of H-pyrrole nitrogens is 1. The molecule has 1 aliphatic heterocycles. The molecule has 3 atom stereocenters. The molecule has 1 saturated heterocycles. The molecule has 0 bridgehead atoms. The number of aromatic nitrogens is 2. The van der Waals surface area contributed by atoms with Gasteiger partial charge in [0.2, 0.25) is 0 Å². The molecule has 10 nitrogen and oxygen atoms in total. The van der Waals surface area contributed by atoms with E-state index < -0.39 is 44.1 Å². The van der Waals surface area contributed by atoms with Gasteiger partial charge in [-0.05, 0) is 22.6 Å². The average Bonchev–Trinajstić information content (AvgIpc) is 2.72. The highest BCUT2D eigenvalue weighted by Crippen LogP contribution is 2.38. The molecule has 1 unspecified atom stereocenters. The van der Waals surface area contributed by atoms with E-state index in [1.54, 1.807) is 22.6 Å². The van der Waals surface area contributed by atoms with E-state index in [1.165, 1.54) is 6.20 Å². The van der Waals surface area contributed by atoms with Crippen LogP contribution in [0.5, 0.6) is 0 Å². The molecule has 1 fully saturated rings. The molecule has 1 aliphatic rings. The molecule has 1 aromatic rings. The summed E-state index contributed by atoms with van der Waals surface area (Å²) in [6, 6.07) is 0. The molecular weight excluding hydrogens is 422 g/mol. The van der Waals surface area contributed by atoms with Crippen molar-refractivity contribution in [1.29, 1.82) is 0 Å². The lowest BCUT2D eigenvalue weighted by atomic mass is 10.2. The van der Waals surface area contributed by atoms with Gasteiger partial charge in [0.15, 0.2) is 0 Å². The summed E-state index contributed by atoms with van der Waals surface area (Å²) in [5.74, 6) is 0. The van der Waals surface area contributed by atoms with E-state index in [4.69, 9.17) is 14.5 Å². The van der Waals surface area contributed by atoms with Crippen LogP contribution in [0.2, 0.25) is 0 Å². The van der Waals surface area contributed by atoms with Crippen molar-refractivity contribution in [3.63, 3.8) is 0 Å². The minimum Gasteiger partial charge on any atom is -0.390 e. The predicted molar refractivity (Wildman–Crippen MR) is 76.6 cm³/mol. The largest absolute Gasteiger partial charge is 0.469 e. The highest BCUT2D eigenvalue weighted by atomic mass is 127. The van der Waals surface area contributed by atoms with E-state index in [0.29, 0.717) is 0 Å². The first kappa shape index (κ1) is 16.8. The Morgan fingerprint density at radius 1 is 1.52 bits per heavy atom. The summed E-state index contributed by atoms with van der Waals surface area (Å²) >= 11 is 1.74. The minimum atomic E-state index is -4.67. The lowest BCUT2D eigenvalue weighted by Crippen LogP contribution is -2.33. The van der Waals surface area contributed by atoms with Gasteiger partial charge in [-0.3, -0.25) is 18.9 Å². The Morgan fingerprint density at radius 2 is 2.19 bits per heavy atom. The van der Waals surface area contributed by atoms with Crippen LogP contribution >= 0.6 is 30.4 Å². The van der Waals surface area contributed by atoms with Crippen molar-refractivity contribution in [2.45, 2.75) is 24.9 Å². The van der Waals surface area contributed by atoms with Gasteiger partial charge in [-0.25, -0.2) is 9.36 Å². The fourth-order valence-electron chi connectivity index (χ4n) is 1.88. The van der Waals surface area contributed by atoms with Gasteiger partial charge in [0, 0.05) is 12.6 Å². The van der Waals surface area contributed by atoms with Gasteiger partial charge in [-0.1, -0.05) is 0 Å². The van der Waals surface area contributed by atoms with Crippen molar-refractivity contribution in [2.24, 2.45) is 0 Å². The Balaban J connectivity index is 2.14. The number of aromatic amines is 1. The van der Waals surface area contributed by atoms with Gasteiger partial charge < -0.3 is 19.6 Å². The normalized spacial score (nSPS) is 26.2. The fraction of sp³-hybridized carbons (Fsp3) is 0.556. The van der Waals surface area contributed by atoms with E-state index in [-0.39, 0.29) is 9.99 Å². The molecule has 2 rings (SSSR count). The number of phosphoric ester groups is 1. The molecule has 4 N–H and O–H groups in total. The van der Waals surface area contributed by atoms with Crippen molar-refractivity contribution >= 4 is 30.4 Å². The first-order chi connectivity index (χ1) is 9.67. The van der Waals surface area contributed by atoms with Crippen molar-refractivity contribution < 1.29 is 28.7 Å². The van der Waals surface area contributed by atoms with E-state index >= 15 is 0 Å². The van der Waals surface area contributed by atoms with Gasteiger partial charge in [0.05, 0.1) is 16.3 Å². The third-order valence-electron chi connectivity index (χ3n) is 2.85. The Hall–Kier alpha value is -0.560. The van der Waals surface area contributed by atoms with Crippen LogP contribution < -0.4 is 11.2 Å². The molecule has 21 heavy (non-hydrogen) atoms. The number of aliphatic hydroxyl groups is 1. The quantitative estimate of drug-likeness (QED) is 0.345. The zero-order valence-electron chi connectivity index (χ0n) is 10.4. The van der Waals surface area contributed by atoms with Gasteiger partial charge in [-0.2, -0.15) is 0 Å². The molecule has 0 aromatic carbocycles. The van der Waals surface area contributed by atoms with Crippen molar-refractivity contribution in [3.8, 4) is 0 Å². The number of hydrogen-bond donors (Lipinski definition) is 4. The molecular formula is C9H12IN2O8P. The van der Waals surface area contributed by atoms with Crippen LogP contribution in [0.15, 0.2) is 15.8 Å². The number of nitrogens with zero attached hydrogens (tertiary/aromatic N) is 1. The summed E-state index contributed by atoms with van der Waals surface area (Å²) in [7, 11) is -4.67. The fourth-order valence-corrected chi connectivity index (χ4v) is 2.66. The first-order valence-electron chi connectivity index (χ1n) is 5.72. The topological polar surface area (TPSA) is 151 Å². The summed E-state index contributed by atoms with van der Waals surface area (Å²) in [4.78, 5) is 42.3. The Bertz CT molecular complexity index is 681. The van der Waals surface area contributed by atoms with Crippen LogP contribution in [0.1, 0.15) is 12.6 Å². The molecule has 118 valence electrons. The van der Waals surface area contributed by atoms with Gasteiger partial charge in [0.25, 0.3) is 5.56 Å². The van der Waals surface area contributed by atoms with E-state index in [9.17, 15) is 19.3 Å². The molecule has 0 spiro atoms. The number of rotatable bonds is 4. The van der Waals surface area contributed by atoms with E-state index in [0.717, 1.165) is 4.57 Å². The number of phosphoric acid groups is 1. The summed E-state index contributed by atoms with van der Waals surface area (Å²) < 4.78 is 21.6. The second-order valence-corrected chi connectivity index (χ2v) is 6.76. The van der Waals surface area contributed by atoms with Crippen LogP contribution in [0.25, 0.3) is 0 Å². The summed E-state index contributed by atoms with van der Waals surface area (Å²) in [5.41, 5.74) is -1.23. The first-order valence-corrected chi connectivity index (χ1v) is 8.33. The lowest BCUT2D eigenvalue weighted by Gasteiger charge is -2.16. The van der Waals surface area contributed by atoms with Crippen molar-refractivity contribution in [1.82, 2.24) is 9.55 Å². The van der Waals surface area contributed by atoms with Crippen LogP contribution in [0.4, 0.5) is 0 Å². The number of ether oxygens (including phenoxy) is 1. The summed E-state index contributed by atoms with van der Waals surface area (Å²) in [5, 5.41) is 9.79. The van der Waals surface area contributed by atoms with Crippen molar-refractivity contribution in [3.05, 3.63) is 30.6 Å². The maximum absolute atomic E-state index is 11.7. The number of aliphatic hydroxyl groups excluding tert-OH is 1. The van der Waals surface area contributed by atoms with Crippen LogP contribution in [0, 0.1) is 3.57 Å². The monoisotopic (exact) mass is 434 g/mol. The number of nitrogens with one attached hydrogen (secondary N) is 1. The number of halogens is 1. The van der Waals surface area contributed by atoms with Crippen molar-refractivity contribution in [2.75, 3.05) is 6.61 Å². The Labute approximate surface area is 131 Å². The molecule has 0 saturated carbocycles. The van der Waals surface area contributed by atoms with Crippen LogP contribution in [-0.2, 0) is 13.8 Å². The minimum absolute atomic E-state index is 0.0250. The third-order valence-corrected chi connectivity index (χ3v) is 4.10. The lowest BCUT2D eigenvalue weighted by molar-refractivity contribution is -0.0451. The smallest absolute Gasteiger partial charge is 0.390 e. The summed E-state index contributed by atoms with van der Waals surface area (Å²) in [6.45, 7) is -0.517. The van der Waals surface area contributed by atoms with E-state index in [2.05, 4.69) is 9.51 Å². The summed E-state index contributed by atoms with van der Waals surface area (Å²) in [6.07, 6.45) is -1.59.